The van der Waals surface area contributed by atoms with Crippen LogP contribution in [0.15, 0.2) is 109 Å². The molecule has 1 unspecified atom stereocenters. The minimum absolute atomic E-state index is 0.134. The van der Waals surface area contributed by atoms with Crippen molar-refractivity contribution in [2.45, 2.75) is 18.2 Å². The van der Waals surface area contributed by atoms with E-state index in [0.29, 0.717) is 16.7 Å². The fourth-order valence-electron chi connectivity index (χ4n) is 3.90. The molecule has 4 aromatic rings. The number of ether oxygens (including phenoxy) is 1. The third-order valence-corrected chi connectivity index (χ3v) is 5.86. The minimum Gasteiger partial charge on any atom is -0.447 e. The molecule has 0 saturated heterocycles. The maximum Gasteiger partial charge on any atom is 0.418 e. The number of anilines is 1. The van der Waals surface area contributed by atoms with Gasteiger partial charge in [-0.25, -0.2) is 0 Å². The highest BCUT2D eigenvalue weighted by Crippen LogP contribution is 2.37. The van der Waals surface area contributed by atoms with Gasteiger partial charge in [-0.15, -0.1) is 0 Å². The van der Waals surface area contributed by atoms with E-state index in [-0.39, 0.29) is 5.02 Å². The topological polar surface area (TPSA) is 55.4 Å². The molecule has 188 valence electrons. The molecule has 4 nitrogen and oxygen atoms in total. The van der Waals surface area contributed by atoms with Crippen molar-refractivity contribution >= 4 is 29.2 Å². The van der Waals surface area contributed by atoms with Gasteiger partial charge in [0.1, 0.15) is 5.92 Å². The van der Waals surface area contributed by atoms with Crippen LogP contribution < -0.4 is 5.32 Å². The van der Waals surface area contributed by atoms with E-state index in [0.717, 1.165) is 12.1 Å². The van der Waals surface area contributed by atoms with Gasteiger partial charge >= 0.3 is 12.1 Å². The van der Waals surface area contributed by atoms with Crippen LogP contribution in [0.25, 0.3) is 0 Å². The number of esters is 1. The molecule has 0 aliphatic heterocycles. The number of hydrogen-bond acceptors (Lipinski definition) is 3. The van der Waals surface area contributed by atoms with Crippen LogP contribution in [0.3, 0.4) is 0 Å². The van der Waals surface area contributed by atoms with Crippen molar-refractivity contribution in [3.8, 4) is 0 Å². The Labute approximate surface area is 216 Å². The number of benzene rings is 4. The van der Waals surface area contributed by atoms with E-state index >= 15 is 0 Å². The molecule has 4 aromatic carbocycles. The molecular formula is C29H21ClF3NO3. The fraction of sp³-hybridized carbons (Fsp3) is 0.103. The fourth-order valence-corrected chi connectivity index (χ4v) is 4.07. The van der Waals surface area contributed by atoms with Crippen LogP contribution in [0, 0.1) is 0 Å². The van der Waals surface area contributed by atoms with Crippen LogP contribution in [0.2, 0.25) is 5.02 Å². The summed E-state index contributed by atoms with van der Waals surface area (Å²) in [5, 5.41) is 2.14. The lowest BCUT2D eigenvalue weighted by atomic mass is 9.91. The van der Waals surface area contributed by atoms with Gasteiger partial charge in [0.2, 0.25) is 6.10 Å². The highest BCUT2D eigenvalue weighted by Gasteiger charge is 2.36. The Morgan fingerprint density at radius 1 is 0.730 bits per heavy atom. The van der Waals surface area contributed by atoms with E-state index in [4.69, 9.17) is 16.3 Å². The lowest BCUT2D eigenvalue weighted by molar-refractivity contribution is -0.155. The van der Waals surface area contributed by atoms with E-state index in [2.05, 4.69) is 5.32 Å². The summed E-state index contributed by atoms with van der Waals surface area (Å²) >= 11 is 5.76. The van der Waals surface area contributed by atoms with Crippen LogP contribution in [-0.4, -0.2) is 11.9 Å². The third kappa shape index (κ3) is 6.37. The maximum absolute atomic E-state index is 13.6. The average Bonchev–Trinajstić information content (AvgIpc) is 2.89. The number of halogens is 4. The SMILES string of the molecule is O=C(Nc1ccc(Cl)cc1C(F)(F)F)C(OC(=O)C(c1ccccc1)c1ccccc1)c1ccccc1. The smallest absolute Gasteiger partial charge is 0.418 e. The standard InChI is InChI=1S/C29H21ClF3NO3/c30-22-16-17-24(23(18-22)29(31,32)33)34-27(35)26(21-14-8-3-9-15-21)37-28(36)25(19-10-4-1-5-11-19)20-12-6-2-7-13-20/h1-18,25-26H,(H,34,35). The number of rotatable bonds is 7. The maximum atomic E-state index is 13.6. The van der Waals surface area contributed by atoms with Crippen LogP contribution in [0.1, 0.15) is 34.3 Å². The number of amides is 1. The van der Waals surface area contributed by atoms with Gasteiger partial charge in [-0.1, -0.05) is 103 Å². The molecule has 8 heteroatoms. The largest absolute Gasteiger partial charge is 0.447 e. The highest BCUT2D eigenvalue weighted by molar-refractivity contribution is 6.30. The molecule has 0 aliphatic carbocycles. The Hall–Kier alpha value is -4.10. The van der Waals surface area contributed by atoms with Crippen molar-refractivity contribution < 1.29 is 27.5 Å². The van der Waals surface area contributed by atoms with Gasteiger partial charge in [-0.05, 0) is 29.3 Å². The quantitative estimate of drug-likeness (QED) is 0.256. The predicted octanol–water partition coefficient (Wildman–Crippen LogP) is 7.41. The molecule has 1 atom stereocenters. The van der Waals surface area contributed by atoms with Crippen molar-refractivity contribution in [3.05, 3.63) is 136 Å². The molecule has 0 bridgehead atoms. The third-order valence-electron chi connectivity index (χ3n) is 5.62. The van der Waals surface area contributed by atoms with E-state index in [1.54, 1.807) is 78.9 Å². The second kappa shape index (κ2) is 11.3. The summed E-state index contributed by atoms with van der Waals surface area (Å²) in [4.78, 5) is 26.9. The molecule has 0 saturated carbocycles. The molecule has 1 N–H and O–H groups in total. The summed E-state index contributed by atoms with van der Waals surface area (Å²) < 4.78 is 46.5. The van der Waals surface area contributed by atoms with Crippen molar-refractivity contribution in [2.24, 2.45) is 0 Å². The number of nitrogens with one attached hydrogen (secondary N) is 1. The molecule has 0 fully saturated rings. The number of carbonyl (C=O) groups excluding carboxylic acids is 2. The van der Waals surface area contributed by atoms with E-state index in [1.807, 2.05) is 12.1 Å². The van der Waals surface area contributed by atoms with E-state index in [9.17, 15) is 22.8 Å². The first-order valence-corrected chi connectivity index (χ1v) is 11.6. The molecule has 0 spiro atoms. The molecular weight excluding hydrogens is 503 g/mol. The Balaban J connectivity index is 1.69. The Kier molecular flexibility index (Phi) is 7.94. The zero-order valence-electron chi connectivity index (χ0n) is 19.3. The molecule has 37 heavy (non-hydrogen) atoms. The minimum atomic E-state index is -4.77. The van der Waals surface area contributed by atoms with Gasteiger partial charge in [0.25, 0.3) is 5.91 Å². The normalized spacial score (nSPS) is 12.1. The summed E-state index contributed by atoms with van der Waals surface area (Å²) in [7, 11) is 0. The molecule has 0 radical (unpaired) electrons. The average molecular weight is 524 g/mol. The van der Waals surface area contributed by atoms with E-state index in [1.165, 1.54) is 6.07 Å². The monoisotopic (exact) mass is 523 g/mol. The van der Waals surface area contributed by atoms with Gasteiger partial charge < -0.3 is 10.1 Å². The van der Waals surface area contributed by atoms with Gasteiger partial charge in [-0.2, -0.15) is 13.2 Å². The summed E-state index contributed by atoms with van der Waals surface area (Å²) in [5.41, 5.74) is -0.0267. The first-order valence-electron chi connectivity index (χ1n) is 11.3. The Morgan fingerprint density at radius 3 is 1.70 bits per heavy atom. The van der Waals surface area contributed by atoms with E-state index < -0.39 is 41.3 Å². The highest BCUT2D eigenvalue weighted by atomic mass is 35.5. The number of alkyl halides is 3. The lowest BCUT2D eigenvalue weighted by Gasteiger charge is -2.23. The summed E-state index contributed by atoms with van der Waals surface area (Å²) in [5.74, 6) is -2.52. The zero-order valence-corrected chi connectivity index (χ0v) is 20.0. The van der Waals surface area contributed by atoms with Crippen LogP contribution in [0.5, 0.6) is 0 Å². The lowest BCUT2D eigenvalue weighted by Crippen LogP contribution is -2.29. The second-order valence-electron chi connectivity index (χ2n) is 8.16. The second-order valence-corrected chi connectivity index (χ2v) is 8.60. The van der Waals surface area contributed by atoms with Crippen LogP contribution in [0.4, 0.5) is 18.9 Å². The number of hydrogen-bond donors (Lipinski definition) is 1. The van der Waals surface area contributed by atoms with Crippen molar-refractivity contribution in [3.63, 3.8) is 0 Å². The Morgan fingerprint density at radius 2 is 1.22 bits per heavy atom. The summed E-state index contributed by atoms with van der Waals surface area (Å²) in [6, 6.07) is 28.9. The molecule has 0 aromatic heterocycles. The van der Waals surface area contributed by atoms with Crippen molar-refractivity contribution in [1.82, 2.24) is 0 Å². The first-order chi connectivity index (χ1) is 17.7. The van der Waals surface area contributed by atoms with Crippen LogP contribution in [-0.2, 0) is 20.5 Å². The zero-order chi connectivity index (χ0) is 26.4. The van der Waals surface area contributed by atoms with Crippen LogP contribution >= 0.6 is 11.6 Å². The summed E-state index contributed by atoms with van der Waals surface area (Å²) in [6.07, 6.45) is -6.28. The predicted molar refractivity (Wildman–Crippen MR) is 135 cm³/mol. The van der Waals surface area contributed by atoms with Gasteiger partial charge in [0.15, 0.2) is 0 Å². The molecule has 0 heterocycles. The van der Waals surface area contributed by atoms with Crippen molar-refractivity contribution in [1.29, 1.82) is 0 Å². The molecule has 1 amide bonds. The van der Waals surface area contributed by atoms with Gasteiger partial charge in [0.05, 0.1) is 11.3 Å². The number of carbonyl (C=O) groups is 2. The van der Waals surface area contributed by atoms with Crippen molar-refractivity contribution in [2.75, 3.05) is 5.32 Å². The Bertz CT molecular complexity index is 1320. The summed E-state index contributed by atoms with van der Waals surface area (Å²) in [6.45, 7) is 0. The van der Waals surface area contributed by atoms with Gasteiger partial charge in [-0.3, -0.25) is 9.59 Å². The first kappa shape index (κ1) is 26.0. The van der Waals surface area contributed by atoms with Gasteiger partial charge in [0, 0.05) is 10.6 Å². The molecule has 0 aliphatic rings. The molecule has 4 rings (SSSR count).